The van der Waals surface area contributed by atoms with Crippen LogP contribution >= 0.6 is 0 Å². The standard InChI is InChI=1S/C27H34F3NO8/c1-8-36-21(32)16-12-15-20(19-17-37-25(5,6)31(19)23(34)39-24(2,3)4)38-22(33)26(35-7,27(28,29)30)18-13-10-9-11-14-18/h9-11,13-14,19-20H,8,16-17H2,1-7H3/t19-,20-,26+/m0/s1. The SMILES string of the molecule is CCOC(=O)CC#C[C@H](OC(=O)[C@](OC)(c1ccccc1)C(F)(F)F)[C@@H]1COC(C)(C)N1C(=O)OC(C)(C)C. The highest BCUT2D eigenvalue weighted by atomic mass is 19.4. The third-order valence-corrected chi connectivity index (χ3v) is 5.65. The Bertz CT molecular complexity index is 1090. The van der Waals surface area contributed by atoms with Crippen LogP contribution in [0.5, 0.6) is 0 Å². The number of amides is 1. The average Bonchev–Trinajstić information content (AvgIpc) is 3.13. The number of methoxy groups -OCH3 is 1. The quantitative estimate of drug-likeness (QED) is 0.278. The topological polar surface area (TPSA) is 101 Å². The van der Waals surface area contributed by atoms with Crippen molar-refractivity contribution in [2.24, 2.45) is 0 Å². The Balaban J connectivity index is 2.57. The van der Waals surface area contributed by atoms with Gasteiger partial charge in [0.25, 0.3) is 5.60 Å². The molecule has 0 radical (unpaired) electrons. The second-order valence-electron chi connectivity index (χ2n) is 10.1. The molecule has 216 valence electrons. The van der Waals surface area contributed by atoms with E-state index in [4.69, 9.17) is 23.7 Å². The van der Waals surface area contributed by atoms with Crippen molar-refractivity contribution < 1.29 is 51.2 Å². The van der Waals surface area contributed by atoms with Gasteiger partial charge in [-0.15, -0.1) is 0 Å². The molecule has 1 saturated heterocycles. The Labute approximate surface area is 225 Å². The fourth-order valence-corrected chi connectivity index (χ4v) is 3.95. The number of esters is 2. The van der Waals surface area contributed by atoms with Gasteiger partial charge in [-0.25, -0.2) is 9.59 Å². The van der Waals surface area contributed by atoms with E-state index in [0.717, 1.165) is 24.1 Å². The van der Waals surface area contributed by atoms with Gasteiger partial charge in [-0.05, 0) is 41.5 Å². The van der Waals surface area contributed by atoms with Gasteiger partial charge in [0.1, 0.15) is 23.8 Å². The largest absolute Gasteiger partial charge is 0.465 e. The first-order valence-electron chi connectivity index (χ1n) is 12.2. The molecule has 1 aromatic carbocycles. The summed E-state index contributed by atoms with van der Waals surface area (Å²) < 4.78 is 69.6. The van der Waals surface area contributed by atoms with Gasteiger partial charge in [0.05, 0.1) is 13.2 Å². The van der Waals surface area contributed by atoms with Crippen LogP contribution < -0.4 is 0 Å². The molecule has 0 saturated carbocycles. The molecule has 1 amide bonds. The molecule has 0 aromatic heterocycles. The third-order valence-electron chi connectivity index (χ3n) is 5.65. The summed E-state index contributed by atoms with van der Waals surface area (Å²) in [7, 11) is 0.734. The fourth-order valence-electron chi connectivity index (χ4n) is 3.95. The van der Waals surface area contributed by atoms with E-state index in [0.29, 0.717) is 0 Å². The molecule has 39 heavy (non-hydrogen) atoms. The number of alkyl halides is 3. The van der Waals surface area contributed by atoms with Crippen LogP contribution in [-0.4, -0.2) is 72.9 Å². The molecule has 0 bridgehead atoms. The zero-order valence-corrected chi connectivity index (χ0v) is 23.0. The molecule has 12 heteroatoms. The number of hydrogen-bond acceptors (Lipinski definition) is 8. The van der Waals surface area contributed by atoms with Crippen LogP contribution in [0.4, 0.5) is 18.0 Å². The van der Waals surface area contributed by atoms with Crippen LogP contribution in [-0.2, 0) is 38.9 Å². The Morgan fingerprint density at radius 3 is 2.28 bits per heavy atom. The Morgan fingerprint density at radius 2 is 1.77 bits per heavy atom. The van der Waals surface area contributed by atoms with E-state index in [2.05, 4.69) is 11.8 Å². The molecule has 0 spiro atoms. The molecule has 1 aliphatic rings. The number of carbonyl (C=O) groups is 3. The van der Waals surface area contributed by atoms with Crippen molar-refractivity contribution in [2.75, 3.05) is 20.3 Å². The second kappa shape index (κ2) is 12.3. The first-order chi connectivity index (χ1) is 18.0. The normalized spacial score (nSPS) is 19.2. The van der Waals surface area contributed by atoms with E-state index in [1.807, 2.05) is 0 Å². The van der Waals surface area contributed by atoms with Crippen LogP contribution in [0.25, 0.3) is 0 Å². The van der Waals surface area contributed by atoms with E-state index in [1.165, 1.54) is 18.2 Å². The maximum atomic E-state index is 14.5. The molecule has 3 atom stereocenters. The lowest BCUT2D eigenvalue weighted by molar-refractivity contribution is -0.278. The first-order valence-corrected chi connectivity index (χ1v) is 12.2. The van der Waals surface area contributed by atoms with Crippen LogP contribution in [0, 0.1) is 11.8 Å². The van der Waals surface area contributed by atoms with E-state index in [1.54, 1.807) is 41.5 Å². The maximum absolute atomic E-state index is 14.5. The van der Waals surface area contributed by atoms with Crippen LogP contribution in [0.15, 0.2) is 30.3 Å². The second-order valence-corrected chi connectivity index (χ2v) is 10.1. The first kappa shape index (κ1) is 31.9. The average molecular weight is 558 g/mol. The van der Waals surface area contributed by atoms with Gasteiger partial charge in [-0.2, -0.15) is 13.2 Å². The maximum Gasteiger partial charge on any atom is 0.432 e. The van der Waals surface area contributed by atoms with Crippen molar-refractivity contribution in [3.05, 3.63) is 35.9 Å². The van der Waals surface area contributed by atoms with Crippen molar-refractivity contribution in [1.29, 1.82) is 0 Å². The van der Waals surface area contributed by atoms with Gasteiger partial charge in [0.15, 0.2) is 6.10 Å². The summed E-state index contributed by atoms with van der Waals surface area (Å²) in [6.07, 6.45) is -8.19. The van der Waals surface area contributed by atoms with Crippen molar-refractivity contribution >= 4 is 18.0 Å². The summed E-state index contributed by atoms with van der Waals surface area (Å²) in [5, 5.41) is 0. The van der Waals surface area contributed by atoms with Gasteiger partial charge in [0, 0.05) is 12.7 Å². The number of ether oxygens (including phenoxy) is 5. The molecule has 0 N–H and O–H groups in total. The number of carbonyl (C=O) groups excluding carboxylic acids is 3. The molecule has 1 heterocycles. The number of rotatable bonds is 7. The van der Waals surface area contributed by atoms with Gasteiger partial charge in [0.2, 0.25) is 0 Å². The van der Waals surface area contributed by atoms with Crippen LogP contribution in [0.2, 0.25) is 0 Å². The van der Waals surface area contributed by atoms with Crippen molar-refractivity contribution in [1.82, 2.24) is 4.90 Å². The zero-order valence-electron chi connectivity index (χ0n) is 23.0. The molecule has 2 rings (SSSR count). The smallest absolute Gasteiger partial charge is 0.432 e. The predicted octanol–water partition coefficient (Wildman–Crippen LogP) is 4.33. The van der Waals surface area contributed by atoms with Crippen molar-refractivity contribution in [2.45, 2.75) is 83.2 Å². The number of halogens is 3. The molecule has 0 aliphatic carbocycles. The van der Waals surface area contributed by atoms with Gasteiger partial charge in [-0.3, -0.25) is 9.69 Å². The lowest BCUT2D eigenvalue weighted by Gasteiger charge is -2.37. The Kier molecular flexibility index (Phi) is 10.0. The number of benzene rings is 1. The van der Waals surface area contributed by atoms with Crippen LogP contribution in [0.1, 0.15) is 53.5 Å². The Hall–Kier alpha value is -3.30. The van der Waals surface area contributed by atoms with Crippen molar-refractivity contribution in [3.8, 4) is 11.8 Å². The molecule has 1 fully saturated rings. The summed E-state index contributed by atoms with van der Waals surface area (Å²) in [4.78, 5) is 39.4. The molecule has 1 aromatic rings. The molecular formula is C27H34F3NO8. The fraction of sp³-hybridized carbons (Fsp3) is 0.593. The zero-order chi connectivity index (χ0) is 29.6. The summed E-state index contributed by atoms with van der Waals surface area (Å²) in [6.45, 7) is 9.42. The van der Waals surface area contributed by atoms with Crippen LogP contribution in [0.3, 0.4) is 0 Å². The predicted molar refractivity (Wildman–Crippen MR) is 132 cm³/mol. The minimum atomic E-state index is -5.24. The van der Waals surface area contributed by atoms with E-state index >= 15 is 0 Å². The van der Waals surface area contributed by atoms with Gasteiger partial charge in [-0.1, -0.05) is 42.2 Å². The summed E-state index contributed by atoms with van der Waals surface area (Å²) >= 11 is 0. The highest BCUT2D eigenvalue weighted by Crippen LogP contribution is 2.43. The van der Waals surface area contributed by atoms with E-state index in [-0.39, 0.29) is 13.2 Å². The van der Waals surface area contributed by atoms with Crippen molar-refractivity contribution in [3.63, 3.8) is 0 Å². The number of hydrogen-bond donors (Lipinski definition) is 0. The highest BCUT2D eigenvalue weighted by molar-refractivity contribution is 5.83. The van der Waals surface area contributed by atoms with E-state index in [9.17, 15) is 27.6 Å². The summed E-state index contributed by atoms with van der Waals surface area (Å²) in [5.41, 5.74) is -6.23. The monoisotopic (exact) mass is 557 g/mol. The minimum Gasteiger partial charge on any atom is -0.465 e. The minimum absolute atomic E-state index is 0.0923. The number of nitrogens with zero attached hydrogens (tertiary/aromatic N) is 1. The van der Waals surface area contributed by atoms with Gasteiger partial charge >= 0.3 is 24.2 Å². The molecule has 1 aliphatic heterocycles. The summed E-state index contributed by atoms with van der Waals surface area (Å²) in [6, 6.07) is 5.08. The van der Waals surface area contributed by atoms with E-state index < -0.39 is 65.3 Å². The molecule has 0 unspecified atom stereocenters. The molecule has 9 nitrogen and oxygen atoms in total. The molecular weight excluding hydrogens is 523 g/mol. The Morgan fingerprint density at radius 1 is 1.15 bits per heavy atom. The third kappa shape index (κ3) is 7.42. The summed E-state index contributed by atoms with van der Waals surface area (Å²) in [5.74, 6) is 2.50. The van der Waals surface area contributed by atoms with Gasteiger partial charge < -0.3 is 23.7 Å². The lowest BCUT2D eigenvalue weighted by atomic mass is 9.92. The highest BCUT2D eigenvalue weighted by Gasteiger charge is 2.65. The lowest BCUT2D eigenvalue weighted by Crippen LogP contribution is -2.56.